The van der Waals surface area contributed by atoms with Crippen molar-refractivity contribution in [3.8, 4) is 5.75 Å². The Morgan fingerprint density at radius 1 is 1.17 bits per heavy atom. The monoisotopic (exact) mass is 424 g/mol. The maximum atomic E-state index is 12.7. The summed E-state index contributed by atoms with van der Waals surface area (Å²) in [5.41, 5.74) is 4.98. The van der Waals surface area contributed by atoms with E-state index in [1.165, 1.54) is 0 Å². The third kappa shape index (κ3) is 5.36. The third-order valence-corrected chi connectivity index (χ3v) is 5.61. The molecule has 1 aromatic heterocycles. The minimum Gasteiger partial charge on any atom is -0.496 e. The van der Waals surface area contributed by atoms with Crippen molar-refractivity contribution < 1.29 is 9.53 Å². The minimum atomic E-state index is -0.161. The number of ether oxygens (including phenoxy) is 1. The molecule has 0 fully saturated rings. The number of hydrogen-bond donors (Lipinski definition) is 1. The van der Waals surface area contributed by atoms with Gasteiger partial charge in [-0.2, -0.15) is 5.10 Å². The lowest BCUT2D eigenvalue weighted by Crippen LogP contribution is -2.30. The molecule has 0 saturated heterocycles. The number of aryl methyl sites for hydroxylation is 2. The fourth-order valence-corrected chi connectivity index (χ4v) is 3.85. The van der Waals surface area contributed by atoms with E-state index in [-0.39, 0.29) is 6.03 Å². The number of urea groups is 1. The predicted molar refractivity (Wildman–Crippen MR) is 123 cm³/mol. The molecule has 1 N–H and O–H groups in total. The van der Waals surface area contributed by atoms with Gasteiger partial charge in [-0.15, -0.1) is 11.8 Å². The van der Waals surface area contributed by atoms with Crippen LogP contribution in [0.2, 0.25) is 0 Å². The molecule has 2 aromatic carbocycles. The first-order valence-electron chi connectivity index (χ1n) is 9.72. The summed E-state index contributed by atoms with van der Waals surface area (Å²) in [6.07, 6.45) is 2.01. The first-order chi connectivity index (χ1) is 14.4. The molecule has 7 heteroatoms. The zero-order chi connectivity index (χ0) is 21.7. The van der Waals surface area contributed by atoms with Crippen LogP contribution in [0.15, 0.2) is 53.4 Å². The van der Waals surface area contributed by atoms with E-state index in [1.54, 1.807) is 30.8 Å². The van der Waals surface area contributed by atoms with Crippen LogP contribution < -0.4 is 10.1 Å². The number of carbonyl (C=O) groups excluding carboxylic acids is 1. The smallest absolute Gasteiger partial charge is 0.321 e. The molecule has 0 saturated carbocycles. The zero-order valence-electron chi connectivity index (χ0n) is 18.1. The highest BCUT2D eigenvalue weighted by atomic mass is 32.2. The number of nitrogens with zero attached hydrogens (tertiary/aromatic N) is 3. The van der Waals surface area contributed by atoms with E-state index in [0.717, 1.165) is 38.8 Å². The largest absolute Gasteiger partial charge is 0.496 e. The average molecular weight is 425 g/mol. The topological polar surface area (TPSA) is 59.4 Å². The number of methoxy groups -OCH3 is 1. The second kappa shape index (κ2) is 9.71. The van der Waals surface area contributed by atoms with Gasteiger partial charge in [0.1, 0.15) is 5.75 Å². The number of hydrogen-bond acceptors (Lipinski definition) is 4. The summed E-state index contributed by atoms with van der Waals surface area (Å²) in [7, 11) is 3.44. The molecular weight excluding hydrogens is 396 g/mol. The number of aromatic nitrogens is 2. The van der Waals surface area contributed by atoms with Gasteiger partial charge in [-0.1, -0.05) is 18.2 Å². The quantitative estimate of drug-likeness (QED) is 0.546. The molecule has 0 radical (unpaired) electrons. The van der Waals surface area contributed by atoms with Gasteiger partial charge in [0.25, 0.3) is 0 Å². The number of carbonyl (C=O) groups is 1. The lowest BCUT2D eigenvalue weighted by atomic mass is 10.2. The third-order valence-electron chi connectivity index (χ3n) is 4.83. The van der Waals surface area contributed by atoms with Crippen LogP contribution in [0.3, 0.4) is 0 Å². The number of anilines is 1. The van der Waals surface area contributed by atoms with Crippen LogP contribution in [0, 0.1) is 13.8 Å². The molecule has 1 heterocycles. The fourth-order valence-electron chi connectivity index (χ4n) is 3.30. The van der Waals surface area contributed by atoms with Crippen molar-refractivity contribution in [1.82, 2.24) is 14.7 Å². The van der Waals surface area contributed by atoms with Gasteiger partial charge in [0.15, 0.2) is 0 Å². The molecule has 158 valence electrons. The van der Waals surface area contributed by atoms with E-state index >= 15 is 0 Å². The molecule has 0 spiro atoms. The van der Waals surface area contributed by atoms with Gasteiger partial charge in [-0.25, -0.2) is 4.79 Å². The molecule has 0 atom stereocenters. The van der Waals surface area contributed by atoms with Gasteiger partial charge in [0, 0.05) is 29.9 Å². The second-order valence-electron chi connectivity index (χ2n) is 7.26. The van der Waals surface area contributed by atoms with Crippen molar-refractivity contribution in [2.24, 2.45) is 0 Å². The average Bonchev–Trinajstić information content (AvgIpc) is 3.04. The van der Waals surface area contributed by atoms with E-state index in [9.17, 15) is 4.79 Å². The highest BCUT2D eigenvalue weighted by Crippen LogP contribution is 2.28. The Morgan fingerprint density at radius 2 is 1.97 bits per heavy atom. The van der Waals surface area contributed by atoms with Crippen LogP contribution in [0.1, 0.15) is 22.5 Å². The predicted octanol–water partition coefficient (Wildman–Crippen LogP) is 4.94. The molecule has 30 heavy (non-hydrogen) atoms. The first kappa shape index (κ1) is 21.8. The Bertz CT molecular complexity index is 1030. The highest BCUT2D eigenvalue weighted by molar-refractivity contribution is 7.98. The number of amides is 2. The van der Waals surface area contributed by atoms with Crippen LogP contribution in [-0.2, 0) is 13.1 Å². The number of rotatable bonds is 7. The van der Waals surface area contributed by atoms with Gasteiger partial charge in [0.05, 0.1) is 19.3 Å². The van der Waals surface area contributed by atoms with Crippen LogP contribution >= 0.6 is 11.8 Å². The Balaban J connectivity index is 1.64. The molecule has 0 aliphatic carbocycles. The van der Waals surface area contributed by atoms with E-state index in [2.05, 4.69) is 16.5 Å². The Kier molecular flexibility index (Phi) is 7.05. The minimum absolute atomic E-state index is 0.161. The fraction of sp³-hybridized carbons (Fsp3) is 0.304. The highest BCUT2D eigenvalue weighted by Gasteiger charge is 2.12. The van der Waals surface area contributed by atoms with E-state index < -0.39 is 0 Å². The van der Waals surface area contributed by atoms with Crippen molar-refractivity contribution in [2.45, 2.75) is 31.8 Å². The Labute approximate surface area is 182 Å². The van der Waals surface area contributed by atoms with Crippen LogP contribution in [0.25, 0.3) is 0 Å². The van der Waals surface area contributed by atoms with Gasteiger partial charge < -0.3 is 15.0 Å². The van der Waals surface area contributed by atoms with Gasteiger partial charge >= 0.3 is 6.03 Å². The molecule has 0 aliphatic rings. The van der Waals surface area contributed by atoms with Gasteiger partial charge in [-0.3, -0.25) is 4.68 Å². The Hall–Kier alpha value is -2.93. The summed E-state index contributed by atoms with van der Waals surface area (Å²) in [6, 6.07) is 15.8. The second-order valence-corrected chi connectivity index (χ2v) is 8.11. The van der Waals surface area contributed by atoms with Gasteiger partial charge in [-0.05, 0) is 61.6 Å². The number of thioether (sulfide) groups is 1. The maximum absolute atomic E-state index is 12.7. The molecule has 0 unspecified atom stereocenters. The standard InChI is InChI=1S/C23H28N4O2S/c1-16-11-17(2)27(25-16)15-18-7-6-8-20(12-18)24-23(28)26(3)14-19-9-10-22(30-5)21(13-19)29-4/h6-13H,14-15H2,1-5H3,(H,24,28). The van der Waals surface area contributed by atoms with Crippen molar-refractivity contribution >= 4 is 23.5 Å². The van der Waals surface area contributed by atoms with Crippen molar-refractivity contribution in [1.29, 1.82) is 0 Å². The summed E-state index contributed by atoms with van der Waals surface area (Å²) >= 11 is 1.64. The molecule has 2 amide bonds. The van der Waals surface area contributed by atoms with Crippen LogP contribution in [0.4, 0.5) is 10.5 Å². The van der Waals surface area contributed by atoms with Crippen molar-refractivity contribution in [3.63, 3.8) is 0 Å². The summed E-state index contributed by atoms with van der Waals surface area (Å²) in [5.74, 6) is 0.825. The van der Waals surface area contributed by atoms with E-state index in [1.807, 2.05) is 67.2 Å². The summed E-state index contributed by atoms with van der Waals surface area (Å²) in [6.45, 7) is 5.19. The van der Waals surface area contributed by atoms with Gasteiger partial charge in [0.2, 0.25) is 0 Å². The summed E-state index contributed by atoms with van der Waals surface area (Å²) in [4.78, 5) is 15.4. The summed E-state index contributed by atoms with van der Waals surface area (Å²) in [5, 5.41) is 7.49. The zero-order valence-corrected chi connectivity index (χ0v) is 18.9. The number of benzene rings is 2. The van der Waals surface area contributed by atoms with Crippen LogP contribution in [-0.4, -0.2) is 41.1 Å². The molecule has 3 rings (SSSR count). The molecule has 0 aliphatic heterocycles. The number of nitrogens with one attached hydrogen (secondary N) is 1. The Morgan fingerprint density at radius 3 is 2.63 bits per heavy atom. The van der Waals surface area contributed by atoms with E-state index in [4.69, 9.17) is 4.74 Å². The van der Waals surface area contributed by atoms with E-state index in [0.29, 0.717) is 13.1 Å². The lowest BCUT2D eigenvalue weighted by molar-refractivity contribution is 0.220. The maximum Gasteiger partial charge on any atom is 0.321 e. The SMILES string of the molecule is COc1cc(CN(C)C(=O)Nc2cccc(Cn3nc(C)cc3C)c2)ccc1SC. The lowest BCUT2D eigenvalue weighted by Gasteiger charge is -2.19. The van der Waals surface area contributed by atoms with Crippen molar-refractivity contribution in [3.05, 3.63) is 71.0 Å². The molecule has 0 bridgehead atoms. The first-order valence-corrected chi connectivity index (χ1v) is 10.9. The molecular formula is C23H28N4O2S. The molecule has 6 nitrogen and oxygen atoms in total. The summed E-state index contributed by atoms with van der Waals surface area (Å²) < 4.78 is 7.41. The van der Waals surface area contributed by atoms with Crippen molar-refractivity contribution in [2.75, 3.05) is 25.7 Å². The van der Waals surface area contributed by atoms with Crippen LogP contribution in [0.5, 0.6) is 5.75 Å². The normalized spacial score (nSPS) is 10.7. The molecule has 3 aromatic rings.